The molecule has 2 N–H and O–H groups in total. The van der Waals surface area contributed by atoms with E-state index in [2.05, 4.69) is 10.6 Å². The molecule has 0 unspecified atom stereocenters. The Balaban J connectivity index is 1.74. The van der Waals surface area contributed by atoms with E-state index in [1.54, 1.807) is 24.9 Å². The number of piperidine rings is 1. The van der Waals surface area contributed by atoms with Crippen LogP contribution in [0, 0.1) is 12.7 Å². The van der Waals surface area contributed by atoms with Crippen molar-refractivity contribution in [3.63, 3.8) is 0 Å². The van der Waals surface area contributed by atoms with Crippen LogP contribution in [0.1, 0.15) is 46.7 Å². The molecule has 0 aromatic heterocycles. The van der Waals surface area contributed by atoms with Crippen LogP contribution in [0.4, 0.5) is 35.5 Å². The summed E-state index contributed by atoms with van der Waals surface area (Å²) < 4.78 is 92.1. The lowest BCUT2D eigenvalue weighted by Gasteiger charge is -2.40. The summed E-state index contributed by atoms with van der Waals surface area (Å²) in [5.41, 5.74) is -1.53. The van der Waals surface area contributed by atoms with Gasteiger partial charge in [-0.1, -0.05) is 6.07 Å². The van der Waals surface area contributed by atoms with Gasteiger partial charge < -0.3 is 15.5 Å². The number of rotatable bonds is 5. The van der Waals surface area contributed by atoms with Crippen molar-refractivity contribution < 1.29 is 35.5 Å². The van der Waals surface area contributed by atoms with Gasteiger partial charge in [0.25, 0.3) is 0 Å². The molecule has 3 rings (SSSR count). The van der Waals surface area contributed by atoms with Crippen LogP contribution < -0.4 is 10.6 Å². The van der Waals surface area contributed by atoms with E-state index in [9.17, 15) is 35.5 Å². The van der Waals surface area contributed by atoms with E-state index in [4.69, 9.17) is 0 Å². The number of alkyl halides is 6. The Hall–Kier alpha value is -2.82. The zero-order valence-electron chi connectivity index (χ0n) is 19.2. The van der Waals surface area contributed by atoms with Gasteiger partial charge in [0.15, 0.2) is 0 Å². The molecule has 11 heteroatoms. The first-order valence-electron chi connectivity index (χ1n) is 11.1. The number of amides is 2. The standard InChI is InChI=1S/C24H26F7N3O/c1-14-9-18(25)3-4-20(14)21-13-19(32-2)6-8-34(21)22(35)33-7-5-15-10-16(23(26,27)28)12-17(11-15)24(29,30)31/h3-4,9-12,19,21,32H,5-8,13H2,1-2H3,(H,33,35)/t19-,21+/m0/s1. The van der Waals surface area contributed by atoms with Crippen molar-refractivity contribution in [1.82, 2.24) is 15.5 Å². The molecule has 192 valence electrons. The summed E-state index contributed by atoms with van der Waals surface area (Å²) in [5, 5.41) is 5.79. The van der Waals surface area contributed by atoms with Gasteiger partial charge in [0.05, 0.1) is 17.2 Å². The smallest absolute Gasteiger partial charge is 0.338 e. The maximum absolute atomic E-state index is 13.6. The second kappa shape index (κ2) is 10.4. The molecule has 1 aliphatic rings. The van der Waals surface area contributed by atoms with Crippen LogP contribution in [-0.4, -0.2) is 37.1 Å². The van der Waals surface area contributed by atoms with Gasteiger partial charge in [-0.05, 0) is 80.3 Å². The maximum atomic E-state index is 13.6. The van der Waals surface area contributed by atoms with E-state index in [0.717, 1.165) is 5.56 Å². The average molecular weight is 505 g/mol. The van der Waals surface area contributed by atoms with Gasteiger partial charge in [-0.2, -0.15) is 26.3 Å². The molecule has 4 nitrogen and oxygen atoms in total. The monoisotopic (exact) mass is 505 g/mol. The lowest BCUT2D eigenvalue weighted by Crippen LogP contribution is -2.50. The molecule has 1 aliphatic heterocycles. The van der Waals surface area contributed by atoms with Crippen molar-refractivity contribution in [2.45, 2.75) is 50.6 Å². The van der Waals surface area contributed by atoms with Crippen molar-refractivity contribution >= 4 is 6.03 Å². The number of urea groups is 1. The Morgan fingerprint density at radius 3 is 2.20 bits per heavy atom. The Morgan fingerprint density at radius 1 is 1.03 bits per heavy atom. The molecule has 2 atom stereocenters. The average Bonchev–Trinajstić information content (AvgIpc) is 2.77. The molecule has 0 radical (unpaired) electrons. The molecule has 2 aromatic carbocycles. The van der Waals surface area contributed by atoms with E-state index in [-0.39, 0.29) is 36.7 Å². The van der Waals surface area contributed by atoms with Gasteiger partial charge in [-0.25, -0.2) is 9.18 Å². The van der Waals surface area contributed by atoms with Gasteiger partial charge in [0, 0.05) is 19.1 Å². The van der Waals surface area contributed by atoms with Crippen LogP contribution in [0.15, 0.2) is 36.4 Å². The fourth-order valence-electron chi connectivity index (χ4n) is 4.36. The first kappa shape index (κ1) is 26.8. The minimum atomic E-state index is -4.93. The van der Waals surface area contributed by atoms with E-state index < -0.39 is 35.3 Å². The van der Waals surface area contributed by atoms with Crippen LogP contribution in [0.3, 0.4) is 0 Å². The van der Waals surface area contributed by atoms with Gasteiger partial charge in [-0.3, -0.25) is 0 Å². The zero-order chi connectivity index (χ0) is 26.0. The maximum Gasteiger partial charge on any atom is 0.416 e. The Kier molecular flexibility index (Phi) is 7.98. The van der Waals surface area contributed by atoms with Gasteiger partial charge in [0.2, 0.25) is 0 Å². The summed E-state index contributed by atoms with van der Waals surface area (Å²) in [7, 11) is 1.80. The van der Waals surface area contributed by atoms with Crippen molar-refractivity contribution in [2.24, 2.45) is 0 Å². The number of halogens is 7. The van der Waals surface area contributed by atoms with E-state index in [0.29, 0.717) is 37.1 Å². The topological polar surface area (TPSA) is 44.4 Å². The lowest BCUT2D eigenvalue weighted by atomic mass is 9.89. The summed E-state index contributed by atoms with van der Waals surface area (Å²) in [4.78, 5) is 14.5. The fourth-order valence-corrected chi connectivity index (χ4v) is 4.36. The number of nitrogens with zero attached hydrogens (tertiary/aromatic N) is 1. The predicted octanol–water partition coefficient (Wildman–Crippen LogP) is 5.85. The molecule has 1 saturated heterocycles. The molecule has 2 amide bonds. The first-order chi connectivity index (χ1) is 16.3. The Bertz CT molecular complexity index is 1020. The second-order valence-corrected chi connectivity index (χ2v) is 8.62. The number of likely N-dealkylation sites (tertiary alicyclic amines) is 1. The molecular weight excluding hydrogens is 479 g/mol. The third kappa shape index (κ3) is 6.65. The summed E-state index contributed by atoms with van der Waals surface area (Å²) in [6.45, 7) is 1.96. The van der Waals surface area contributed by atoms with Crippen molar-refractivity contribution in [2.75, 3.05) is 20.1 Å². The molecule has 0 saturated carbocycles. The Labute approximate surface area is 198 Å². The molecule has 35 heavy (non-hydrogen) atoms. The predicted molar refractivity (Wildman–Crippen MR) is 116 cm³/mol. The van der Waals surface area contributed by atoms with Crippen LogP contribution >= 0.6 is 0 Å². The molecule has 0 aliphatic carbocycles. The molecule has 1 heterocycles. The summed E-state index contributed by atoms with van der Waals surface area (Å²) in [6.07, 6.45) is -8.86. The van der Waals surface area contributed by atoms with Crippen molar-refractivity contribution in [1.29, 1.82) is 0 Å². The number of hydrogen-bond acceptors (Lipinski definition) is 2. The van der Waals surface area contributed by atoms with Gasteiger partial charge >= 0.3 is 18.4 Å². The van der Waals surface area contributed by atoms with Crippen molar-refractivity contribution in [3.05, 3.63) is 70.0 Å². The normalized spacial score (nSPS) is 19.1. The first-order valence-corrected chi connectivity index (χ1v) is 11.1. The molecule has 0 spiro atoms. The van der Waals surface area contributed by atoms with Crippen LogP contribution in [-0.2, 0) is 18.8 Å². The molecule has 0 bridgehead atoms. The largest absolute Gasteiger partial charge is 0.416 e. The van der Waals surface area contributed by atoms with Gasteiger partial charge in [-0.15, -0.1) is 0 Å². The quantitative estimate of drug-likeness (QED) is 0.501. The number of benzene rings is 2. The van der Waals surface area contributed by atoms with E-state index in [1.165, 1.54) is 12.1 Å². The van der Waals surface area contributed by atoms with Crippen LogP contribution in [0.2, 0.25) is 0 Å². The van der Waals surface area contributed by atoms with Crippen LogP contribution in [0.25, 0.3) is 0 Å². The highest BCUT2D eigenvalue weighted by molar-refractivity contribution is 5.75. The molecule has 2 aromatic rings. The minimum Gasteiger partial charge on any atom is -0.338 e. The summed E-state index contributed by atoms with van der Waals surface area (Å²) in [6, 6.07) is 4.96. The fraction of sp³-hybridized carbons (Fsp3) is 0.458. The third-order valence-electron chi connectivity index (χ3n) is 6.20. The highest BCUT2D eigenvalue weighted by Gasteiger charge is 2.37. The summed E-state index contributed by atoms with van der Waals surface area (Å²) >= 11 is 0. The van der Waals surface area contributed by atoms with E-state index in [1.807, 2.05) is 0 Å². The van der Waals surface area contributed by atoms with Gasteiger partial charge in [0.1, 0.15) is 5.82 Å². The third-order valence-corrected chi connectivity index (χ3v) is 6.20. The highest BCUT2D eigenvalue weighted by atomic mass is 19.4. The SMILES string of the molecule is CN[C@H]1CCN(C(=O)NCCc2cc(C(F)(F)F)cc(C(F)(F)F)c2)[C@@H](c2ccc(F)cc2C)C1. The molecule has 1 fully saturated rings. The van der Waals surface area contributed by atoms with E-state index >= 15 is 0 Å². The Morgan fingerprint density at radius 2 is 1.66 bits per heavy atom. The number of hydrogen-bond donors (Lipinski definition) is 2. The minimum absolute atomic E-state index is 0.0730. The number of carbonyl (C=O) groups is 1. The lowest BCUT2D eigenvalue weighted by molar-refractivity contribution is -0.143. The zero-order valence-corrected chi connectivity index (χ0v) is 19.2. The number of aryl methyl sites for hydroxylation is 1. The highest BCUT2D eigenvalue weighted by Crippen LogP contribution is 2.37. The number of carbonyl (C=O) groups excluding carboxylic acids is 1. The second-order valence-electron chi connectivity index (χ2n) is 8.62. The molecular formula is C24H26F7N3O. The van der Waals surface area contributed by atoms with Crippen molar-refractivity contribution in [3.8, 4) is 0 Å². The summed E-state index contributed by atoms with van der Waals surface area (Å²) in [5.74, 6) is -0.400. The number of nitrogens with one attached hydrogen (secondary N) is 2. The van der Waals surface area contributed by atoms with Crippen LogP contribution in [0.5, 0.6) is 0 Å².